The lowest BCUT2D eigenvalue weighted by Gasteiger charge is -2.21. The molecule has 0 aliphatic carbocycles. The van der Waals surface area contributed by atoms with Gasteiger partial charge < -0.3 is 10.4 Å². The molecule has 0 fully saturated rings. The number of carboxylic acid groups (broad SMARTS) is 1. The largest absolute Gasteiger partial charge is 0.480 e. The van der Waals surface area contributed by atoms with Gasteiger partial charge in [0.15, 0.2) is 0 Å². The molecule has 23 heavy (non-hydrogen) atoms. The number of hydrogen-bond acceptors (Lipinski definition) is 3. The number of aliphatic carboxylic acids is 1. The molecule has 3 atom stereocenters. The molecule has 0 aromatic heterocycles. The number of nitrogens with one attached hydrogen (secondary N) is 2. The lowest BCUT2D eigenvalue weighted by molar-refractivity contribution is -0.141. The summed E-state index contributed by atoms with van der Waals surface area (Å²) in [6, 6.07) is 4.01. The molecule has 0 aliphatic rings. The van der Waals surface area contributed by atoms with Crippen LogP contribution in [0.3, 0.4) is 0 Å². The first-order valence-electron chi connectivity index (χ1n) is 7.46. The molecule has 7 heteroatoms. The second kappa shape index (κ2) is 9.11. The lowest BCUT2D eigenvalue weighted by atomic mass is 9.99. The maximum atomic E-state index is 12.0. The van der Waals surface area contributed by atoms with Crippen molar-refractivity contribution in [2.24, 2.45) is 5.92 Å². The fourth-order valence-corrected chi connectivity index (χ4v) is 2.77. The number of carbonyl (C=O) groups is 2. The molecule has 128 valence electrons. The number of benzene rings is 1. The van der Waals surface area contributed by atoms with Crippen LogP contribution in [0.1, 0.15) is 38.8 Å². The fraction of sp³-hybridized carbons (Fsp3) is 0.500. The Balaban J connectivity index is 2.60. The molecule has 1 aromatic carbocycles. The number of amides is 1. The molecular formula is C16H22Cl2N2O3. The molecule has 0 heterocycles. The summed E-state index contributed by atoms with van der Waals surface area (Å²) >= 11 is 12.0. The molecule has 0 saturated heterocycles. The highest BCUT2D eigenvalue weighted by Crippen LogP contribution is 2.25. The van der Waals surface area contributed by atoms with Gasteiger partial charge in [-0.15, -0.1) is 0 Å². The van der Waals surface area contributed by atoms with Crippen molar-refractivity contribution < 1.29 is 14.7 Å². The standard InChI is InChI=1S/C16H22Cl2N2O3/c1-4-9(2)15(16(22)23)19-8-14(21)20-10(3)12-6-5-11(17)7-13(12)18/h5-7,9-10,15,19H,4,8H2,1-3H3,(H,20,21)(H,22,23)/t9-,10?,15-/m0/s1. The van der Waals surface area contributed by atoms with Crippen molar-refractivity contribution >= 4 is 35.1 Å². The maximum Gasteiger partial charge on any atom is 0.320 e. The summed E-state index contributed by atoms with van der Waals surface area (Å²) in [7, 11) is 0. The minimum Gasteiger partial charge on any atom is -0.480 e. The van der Waals surface area contributed by atoms with Gasteiger partial charge in [-0.3, -0.25) is 14.9 Å². The fourth-order valence-electron chi connectivity index (χ4n) is 2.19. The number of carboxylic acids is 1. The Kier molecular flexibility index (Phi) is 7.82. The molecule has 1 aromatic rings. The topological polar surface area (TPSA) is 78.4 Å². The normalized spacial score (nSPS) is 14.8. The van der Waals surface area contributed by atoms with Crippen LogP contribution in [-0.2, 0) is 9.59 Å². The average molecular weight is 361 g/mol. The van der Waals surface area contributed by atoms with E-state index in [1.807, 2.05) is 13.8 Å². The average Bonchev–Trinajstić information content (AvgIpc) is 2.46. The van der Waals surface area contributed by atoms with E-state index < -0.39 is 12.0 Å². The second-order valence-corrected chi connectivity index (χ2v) is 6.38. The van der Waals surface area contributed by atoms with E-state index in [0.29, 0.717) is 16.5 Å². The van der Waals surface area contributed by atoms with Gasteiger partial charge in [0.25, 0.3) is 0 Å². The first kappa shape index (κ1) is 19.7. The predicted octanol–water partition coefficient (Wildman–Crippen LogP) is 3.26. The van der Waals surface area contributed by atoms with Crippen LogP contribution in [0.5, 0.6) is 0 Å². The van der Waals surface area contributed by atoms with Gasteiger partial charge in [0.1, 0.15) is 6.04 Å². The molecular weight excluding hydrogens is 339 g/mol. The van der Waals surface area contributed by atoms with E-state index in [4.69, 9.17) is 23.2 Å². The minimum absolute atomic E-state index is 0.0663. The summed E-state index contributed by atoms with van der Waals surface area (Å²) in [6.45, 7) is 5.47. The monoisotopic (exact) mass is 360 g/mol. The molecule has 3 N–H and O–H groups in total. The van der Waals surface area contributed by atoms with Crippen LogP contribution >= 0.6 is 23.2 Å². The molecule has 5 nitrogen and oxygen atoms in total. The number of rotatable bonds is 8. The van der Waals surface area contributed by atoms with Crippen LogP contribution in [-0.4, -0.2) is 29.6 Å². The highest BCUT2D eigenvalue weighted by Gasteiger charge is 2.24. The van der Waals surface area contributed by atoms with E-state index >= 15 is 0 Å². The molecule has 1 amide bonds. The van der Waals surface area contributed by atoms with Crippen LogP contribution in [0.25, 0.3) is 0 Å². The highest BCUT2D eigenvalue weighted by atomic mass is 35.5. The van der Waals surface area contributed by atoms with Gasteiger partial charge in [0.2, 0.25) is 5.91 Å². The third-order valence-electron chi connectivity index (χ3n) is 3.77. The Hall–Kier alpha value is -1.30. The van der Waals surface area contributed by atoms with Gasteiger partial charge in [0, 0.05) is 10.0 Å². The third-order valence-corrected chi connectivity index (χ3v) is 4.33. The smallest absolute Gasteiger partial charge is 0.320 e. The van der Waals surface area contributed by atoms with Gasteiger partial charge >= 0.3 is 5.97 Å². The Morgan fingerprint density at radius 2 is 1.91 bits per heavy atom. The van der Waals surface area contributed by atoms with E-state index in [9.17, 15) is 14.7 Å². The van der Waals surface area contributed by atoms with Crippen LogP contribution < -0.4 is 10.6 Å². The Labute approximate surface area is 146 Å². The van der Waals surface area contributed by atoms with Crippen molar-refractivity contribution in [3.05, 3.63) is 33.8 Å². The van der Waals surface area contributed by atoms with Gasteiger partial charge in [-0.1, -0.05) is 49.5 Å². The van der Waals surface area contributed by atoms with Crippen LogP contribution in [0.2, 0.25) is 10.0 Å². The molecule has 1 unspecified atom stereocenters. The van der Waals surface area contributed by atoms with E-state index in [-0.39, 0.29) is 24.4 Å². The van der Waals surface area contributed by atoms with E-state index in [2.05, 4.69) is 10.6 Å². The van der Waals surface area contributed by atoms with Crippen molar-refractivity contribution in [3.63, 3.8) is 0 Å². The summed E-state index contributed by atoms with van der Waals surface area (Å²) < 4.78 is 0. The lowest BCUT2D eigenvalue weighted by Crippen LogP contribution is -2.46. The molecule has 0 radical (unpaired) electrons. The first-order chi connectivity index (χ1) is 10.8. The van der Waals surface area contributed by atoms with E-state index in [0.717, 1.165) is 5.56 Å². The van der Waals surface area contributed by atoms with Gasteiger partial charge in [-0.25, -0.2) is 0 Å². The summed E-state index contributed by atoms with van der Waals surface area (Å²) in [6.07, 6.45) is 0.711. The molecule has 0 aliphatic heterocycles. The predicted molar refractivity (Wildman–Crippen MR) is 91.9 cm³/mol. The van der Waals surface area contributed by atoms with Crippen molar-refractivity contribution in [1.82, 2.24) is 10.6 Å². The zero-order valence-corrected chi connectivity index (χ0v) is 14.9. The van der Waals surface area contributed by atoms with Crippen molar-refractivity contribution in [2.45, 2.75) is 39.3 Å². The van der Waals surface area contributed by atoms with Gasteiger partial charge in [-0.2, -0.15) is 0 Å². The molecule has 1 rings (SSSR count). The van der Waals surface area contributed by atoms with E-state index in [1.54, 1.807) is 25.1 Å². The summed E-state index contributed by atoms with van der Waals surface area (Å²) in [5.41, 5.74) is 0.751. The van der Waals surface area contributed by atoms with Gasteiger partial charge in [-0.05, 0) is 30.5 Å². The summed E-state index contributed by atoms with van der Waals surface area (Å²) in [4.78, 5) is 23.2. The quantitative estimate of drug-likeness (QED) is 0.664. The summed E-state index contributed by atoms with van der Waals surface area (Å²) in [5, 5.41) is 15.8. The molecule has 0 bridgehead atoms. The summed E-state index contributed by atoms with van der Waals surface area (Å²) in [5.74, 6) is -1.32. The van der Waals surface area contributed by atoms with Crippen LogP contribution in [0.15, 0.2) is 18.2 Å². The van der Waals surface area contributed by atoms with Crippen molar-refractivity contribution in [2.75, 3.05) is 6.54 Å². The minimum atomic E-state index is -0.957. The third kappa shape index (κ3) is 6.01. The number of hydrogen-bond donors (Lipinski definition) is 3. The number of halogens is 2. The van der Waals surface area contributed by atoms with E-state index in [1.165, 1.54) is 0 Å². The zero-order chi connectivity index (χ0) is 17.6. The van der Waals surface area contributed by atoms with Crippen molar-refractivity contribution in [3.8, 4) is 0 Å². The number of carbonyl (C=O) groups excluding carboxylic acids is 1. The van der Waals surface area contributed by atoms with Crippen molar-refractivity contribution in [1.29, 1.82) is 0 Å². The van der Waals surface area contributed by atoms with Crippen LogP contribution in [0, 0.1) is 5.92 Å². The Bertz CT molecular complexity index is 566. The second-order valence-electron chi connectivity index (χ2n) is 5.54. The molecule has 0 saturated carbocycles. The van der Waals surface area contributed by atoms with Crippen LogP contribution in [0.4, 0.5) is 0 Å². The first-order valence-corrected chi connectivity index (χ1v) is 8.22. The maximum absolute atomic E-state index is 12.0. The zero-order valence-electron chi connectivity index (χ0n) is 13.4. The molecule has 0 spiro atoms. The van der Waals surface area contributed by atoms with Gasteiger partial charge in [0.05, 0.1) is 12.6 Å². The highest BCUT2D eigenvalue weighted by molar-refractivity contribution is 6.35. The Morgan fingerprint density at radius 3 is 2.43 bits per heavy atom. The SMILES string of the molecule is CC[C@H](C)[C@H](NCC(=O)NC(C)c1ccc(Cl)cc1Cl)C(=O)O. The Morgan fingerprint density at radius 1 is 1.26 bits per heavy atom.